The molecule has 0 saturated carbocycles. The van der Waals surface area contributed by atoms with Crippen LogP contribution in [-0.2, 0) is 0 Å². The van der Waals surface area contributed by atoms with Crippen molar-refractivity contribution >= 4 is 17.7 Å². The van der Waals surface area contributed by atoms with Crippen LogP contribution in [0.5, 0.6) is 0 Å². The van der Waals surface area contributed by atoms with Gasteiger partial charge >= 0.3 is 0 Å². The van der Waals surface area contributed by atoms with Crippen LogP contribution < -0.4 is 5.73 Å². The van der Waals surface area contributed by atoms with Gasteiger partial charge in [-0.2, -0.15) is 11.8 Å². The summed E-state index contributed by atoms with van der Waals surface area (Å²) < 4.78 is 0. The molecule has 2 rings (SSSR count). The van der Waals surface area contributed by atoms with E-state index in [2.05, 4.69) is 25.7 Å². The smallest absolute Gasteiger partial charge is 0.254 e. The van der Waals surface area contributed by atoms with E-state index >= 15 is 0 Å². The highest BCUT2D eigenvalue weighted by Crippen LogP contribution is 2.26. The van der Waals surface area contributed by atoms with Crippen LogP contribution in [0.1, 0.15) is 35.3 Å². The van der Waals surface area contributed by atoms with E-state index in [1.165, 1.54) is 0 Å². The third kappa shape index (κ3) is 3.42. The van der Waals surface area contributed by atoms with Gasteiger partial charge in [0.15, 0.2) is 0 Å². The van der Waals surface area contributed by atoms with Crippen LogP contribution in [0, 0.1) is 18.8 Å². The Hall–Kier alpha value is -1.44. The zero-order chi connectivity index (χ0) is 15.4. The minimum absolute atomic E-state index is 0.114. The molecule has 21 heavy (non-hydrogen) atoms. The van der Waals surface area contributed by atoms with E-state index in [-0.39, 0.29) is 11.9 Å². The minimum atomic E-state index is 0.114. The van der Waals surface area contributed by atoms with Crippen molar-refractivity contribution in [3.63, 3.8) is 0 Å². The van der Waals surface area contributed by atoms with E-state index < -0.39 is 0 Å². The quantitative estimate of drug-likeness (QED) is 0.810. The molecule has 0 spiro atoms. The Morgan fingerprint density at radius 2 is 2.24 bits per heavy atom. The summed E-state index contributed by atoms with van der Waals surface area (Å²) in [6, 6.07) is 5.99. The molecule has 0 radical (unpaired) electrons. The van der Waals surface area contributed by atoms with Crippen LogP contribution in [0.4, 0.5) is 0 Å². The molecule has 1 heterocycles. The topological polar surface area (TPSA) is 46.3 Å². The largest absolute Gasteiger partial charge is 0.334 e. The average Bonchev–Trinajstić information content (AvgIpc) is 2.48. The highest BCUT2D eigenvalue weighted by molar-refractivity contribution is 8.00. The first-order chi connectivity index (χ1) is 10.1. The van der Waals surface area contributed by atoms with Crippen molar-refractivity contribution in [2.24, 2.45) is 5.73 Å². The molecular weight excluding hydrogens is 280 g/mol. The monoisotopic (exact) mass is 302 g/mol. The molecule has 112 valence electrons. The van der Waals surface area contributed by atoms with Crippen LogP contribution >= 0.6 is 11.8 Å². The maximum absolute atomic E-state index is 12.8. The first kappa shape index (κ1) is 15.9. The molecule has 0 bridgehead atoms. The molecule has 3 nitrogen and oxygen atoms in total. The molecule has 1 aliphatic heterocycles. The van der Waals surface area contributed by atoms with Crippen molar-refractivity contribution in [3.8, 4) is 11.8 Å². The molecule has 0 aromatic heterocycles. The SMILES string of the molecule is Cc1c(C#CCN)cccc1C(=O)N1CCSC(C)C1C. The molecule has 2 N–H and O–H groups in total. The first-order valence-corrected chi connectivity index (χ1v) is 8.32. The van der Waals surface area contributed by atoms with E-state index in [0.717, 1.165) is 29.0 Å². The van der Waals surface area contributed by atoms with Crippen molar-refractivity contribution in [1.29, 1.82) is 0 Å². The standard InChI is InChI=1S/C17H22N2OS/c1-12-15(7-5-9-18)6-4-8-16(12)17(20)19-10-11-21-14(3)13(19)2/h4,6,8,13-14H,9-11,18H2,1-3H3. The maximum Gasteiger partial charge on any atom is 0.254 e. The summed E-state index contributed by atoms with van der Waals surface area (Å²) >= 11 is 1.93. The summed E-state index contributed by atoms with van der Waals surface area (Å²) in [4.78, 5) is 14.8. The molecule has 1 aliphatic rings. The number of benzene rings is 1. The van der Waals surface area contributed by atoms with Crippen LogP contribution in [0.15, 0.2) is 18.2 Å². The van der Waals surface area contributed by atoms with Gasteiger partial charge in [0.05, 0.1) is 6.54 Å². The van der Waals surface area contributed by atoms with E-state index in [9.17, 15) is 4.79 Å². The third-order valence-electron chi connectivity index (χ3n) is 4.03. The summed E-state index contributed by atoms with van der Waals surface area (Å²) in [6.07, 6.45) is 0. The van der Waals surface area contributed by atoms with Gasteiger partial charge in [0.1, 0.15) is 0 Å². The highest BCUT2D eigenvalue weighted by Gasteiger charge is 2.30. The highest BCUT2D eigenvalue weighted by atomic mass is 32.2. The third-order valence-corrected chi connectivity index (χ3v) is 5.37. The Bertz CT molecular complexity index is 588. The molecule has 0 aliphatic carbocycles. The number of carbonyl (C=O) groups excluding carboxylic acids is 1. The van der Waals surface area contributed by atoms with Crippen molar-refractivity contribution in [2.45, 2.75) is 32.1 Å². The van der Waals surface area contributed by atoms with Gasteiger partial charge in [0, 0.05) is 34.7 Å². The van der Waals surface area contributed by atoms with Gasteiger partial charge in [0.2, 0.25) is 0 Å². The molecule has 4 heteroatoms. The van der Waals surface area contributed by atoms with E-state index in [1.807, 2.05) is 41.8 Å². The Labute approximate surface area is 131 Å². The molecule has 1 aromatic rings. The molecular formula is C17H22N2OS. The fourth-order valence-corrected chi connectivity index (χ4v) is 3.62. The number of nitrogens with two attached hydrogens (primary N) is 1. The van der Waals surface area contributed by atoms with Gasteiger partial charge < -0.3 is 10.6 Å². The lowest BCUT2D eigenvalue weighted by molar-refractivity contribution is 0.0697. The van der Waals surface area contributed by atoms with Gasteiger partial charge in [-0.15, -0.1) is 0 Å². The normalized spacial score (nSPS) is 21.6. The second-order valence-corrected chi connectivity index (χ2v) is 6.78. The number of thioether (sulfide) groups is 1. The summed E-state index contributed by atoms with van der Waals surface area (Å²) in [5.41, 5.74) is 8.01. The van der Waals surface area contributed by atoms with Crippen molar-refractivity contribution in [3.05, 3.63) is 34.9 Å². The Morgan fingerprint density at radius 3 is 2.95 bits per heavy atom. The Morgan fingerprint density at radius 1 is 1.48 bits per heavy atom. The number of rotatable bonds is 1. The lowest BCUT2D eigenvalue weighted by Crippen LogP contribution is -2.48. The fraction of sp³-hybridized carbons (Fsp3) is 0.471. The molecule has 2 atom stereocenters. The number of hydrogen-bond donors (Lipinski definition) is 1. The summed E-state index contributed by atoms with van der Waals surface area (Å²) in [5.74, 6) is 7.01. The Balaban J connectivity index is 2.31. The molecule has 2 unspecified atom stereocenters. The van der Waals surface area contributed by atoms with E-state index in [0.29, 0.717) is 11.8 Å². The molecule has 1 fully saturated rings. The second kappa shape index (κ2) is 7.02. The lowest BCUT2D eigenvalue weighted by atomic mass is 10.0. The number of nitrogens with zero attached hydrogens (tertiary/aromatic N) is 1. The van der Waals surface area contributed by atoms with Gasteiger partial charge in [0.25, 0.3) is 5.91 Å². The van der Waals surface area contributed by atoms with Crippen molar-refractivity contribution in [1.82, 2.24) is 4.90 Å². The van der Waals surface area contributed by atoms with Crippen molar-refractivity contribution in [2.75, 3.05) is 18.8 Å². The minimum Gasteiger partial charge on any atom is -0.334 e. The van der Waals surface area contributed by atoms with Crippen LogP contribution in [0.2, 0.25) is 0 Å². The van der Waals surface area contributed by atoms with Crippen LogP contribution in [0.25, 0.3) is 0 Å². The van der Waals surface area contributed by atoms with Gasteiger partial charge in [-0.1, -0.05) is 24.8 Å². The van der Waals surface area contributed by atoms with Crippen molar-refractivity contribution < 1.29 is 4.79 Å². The number of carbonyl (C=O) groups is 1. The predicted octanol–water partition coefficient (Wildman–Crippen LogP) is 2.27. The van der Waals surface area contributed by atoms with Crippen LogP contribution in [-0.4, -0.2) is 40.9 Å². The summed E-state index contributed by atoms with van der Waals surface area (Å²) in [6.45, 7) is 7.41. The van der Waals surface area contributed by atoms with Gasteiger partial charge in [-0.25, -0.2) is 0 Å². The zero-order valence-corrected chi connectivity index (χ0v) is 13.7. The van der Waals surface area contributed by atoms with Gasteiger partial charge in [-0.3, -0.25) is 4.79 Å². The lowest BCUT2D eigenvalue weighted by Gasteiger charge is -2.37. The number of amides is 1. The zero-order valence-electron chi connectivity index (χ0n) is 12.8. The van der Waals surface area contributed by atoms with E-state index in [1.54, 1.807) is 0 Å². The average molecular weight is 302 g/mol. The van der Waals surface area contributed by atoms with E-state index in [4.69, 9.17) is 5.73 Å². The molecule has 1 amide bonds. The van der Waals surface area contributed by atoms with Crippen LogP contribution in [0.3, 0.4) is 0 Å². The summed E-state index contributed by atoms with van der Waals surface area (Å²) in [7, 11) is 0. The predicted molar refractivity (Wildman–Crippen MR) is 89.5 cm³/mol. The first-order valence-electron chi connectivity index (χ1n) is 7.27. The molecule has 1 saturated heterocycles. The summed E-state index contributed by atoms with van der Waals surface area (Å²) in [5, 5.41) is 0.475. The molecule has 1 aromatic carbocycles. The fourth-order valence-electron chi connectivity index (χ4n) is 2.52. The number of hydrogen-bond acceptors (Lipinski definition) is 3. The second-order valence-electron chi connectivity index (χ2n) is 5.30. The maximum atomic E-state index is 12.8. The Kier molecular flexibility index (Phi) is 5.33. The van der Waals surface area contributed by atoms with Gasteiger partial charge in [-0.05, 0) is 31.5 Å².